The van der Waals surface area contributed by atoms with Gasteiger partial charge >= 0.3 is 0 Å². The van der Waals surface area contributed by atoms with Crippen LogP contribution in [0.5, 0.6) is 5.75 Å². The second-order valence-corrected chi connectivity index (χ2v) is 5.55. The van der Waals surface area contributed by atoms with Crippen molar-refractivity contribution in [3.63, 3.8) is 0 Å². The number of rotatable bonds is 4. The summed E-state index contributed by atoms with van der Waals surface area (Å²) in [6.07, 6.45) is 0.386. The van der Waals surface area contributed by atoms with Crippen molar-refractivity contribution < 1.29 is 9.53 Å². The molecule has 21 heavy (non-hydrogen) atoms. The molecule has 3 rings (SSSR count). The largest absolute Gasteiger partial charge is 0.488 e. The zero-order chi connectivity index (χ0) is 14.7. The van der Waals surface area contributed by atoms with E-state index in [-0.39, 0.29) is 11.9 Å². The summed E-state index contributed by atoms with van der Waals surface area (Å²) in [5.41, 5.74) is 1.97. The smallest absolute Gasteiger partial charge is 0.170 e. The highest BCUT2D eigenvalue weighted by atomic mass is 16.5. The molecule has 0 spiro atoms. The quantitative estimate of drug-likeness (QED) is 0.862. The van der Waals surface area contributed by atoms with Crippen molar-refractivity contribution in [3.05, 3.63) is 65.7 Å². The van der Waals surface area contributed by atoms with Gasteiger partial charge in [-0.1, -0.05) is 42.5 Å². The topological polar surface area (TPSA) is 29.5 Å². The fraction of sp³-hybridized carbons (Fsp3) is 0.278. The van der Waals surface area contributed by atoms with Crippen molar-refractivity contribution in [2.24, 2.45) is 0 Å². The fourth-order valence-corrected chi connectivity index (χ4v) is 2.75. The van der Waals surface area contributed by atoms with Gasteiger partial charge in [-0.05, 0) is 24.7 Å². The molecule has 3 heteroatoms. The maximum Gasteiger partial charge on any atom is 0.170 e. The number of carbonyl (C=O) groups is 1. The lowest BCUT2D eigenvalue weighted by molar-refractivity contribution is 0.0784. The number of para-hydroxylation sites is 1. The second kappa shape index (κ2) is 6.10. The second-order valence-electron chi connectivity index (χ2n) is 5.55. The van der Waals surface area contributed by atoms with Gasteiger partial charge in [-0.25, -0.2) is 0 Å². The molecule has 0 bridgehead atoms. The first-order valence-electron chi connectivity index (χ1n) is 7.24. The molecule has 0 saturated carbocycles. The summed E-state index contributed by atoms with van der Waals surface area (Å²) in [5, 5.41) is 0. The highest BCUT2D eigenvalue weighted by molar-refractivity contribution is 5.99. The van der Waals surface area contributed by atoms with Gasteiger partial charge in [0.2, 0.25) is 0 Å². The van der Waals surface area contributed by atoms with Crippen molar-refractivity contribution in [1.82, 2.24) is 4.90 Å². The molecule has 1 heterocycles. The molecule has 0 fully saturated rings. The number of ether oxygens (including phenoxy) is 1. The van der Waals surface area contributed by atoms with Gasteiger partial charge in [-0.2, -0.15) is 0 Å². The van der Waals surface area contributed by atoms with E-state index >= 15 is 0 Å². The van der Waals surface area contributed by atoms with Crippen molar-refractivity contribution in [2.45, 2.75) is 19.1 Å². The van der Waals surface area contributed by atoms with Gasteiger partial charge in [0.15, 0.2) is 5.78 Å². The van der Waals surface area contributed by atoms with Gasteiger partial charge in [-0.3, -0.25) is 9.69 Å². The number of Topliss-reactive ketones (excluding diaryl/α,β-unsaturated/α-hetero) is 1. The lowest BCUT2D eigenvalue weighted by atomic mass is 10.0. The molecule has 2 aromatic carbocycles. The van der Waals surface area contributed by atoms with Crippen LogP contribution in [-0.2, 0) is 6.54 Å². The summed E-state index contributed by atoms with van der Waals surface area (Å²) in [5.74, 6) is 0.891. The Balaban J connectivity index is 1.63. The van der Waals surface area contributed by atoms with Gasteiger partial charge in [0.25, 0.3) is 0 Å². The lowest BCUT2D eigenvalue weighted by Gasteiger charge is -2.28. The first-order valence-corrected chi connectivity index (χ1v) is 7.24. The zero-order valence-corrected chi connectivity index (χ0v) is 12.2. The maximum atomic E-state index is 12.1. The van der Waals surface area contributed by atoms with Gasteiger partial charge < -0.3 is 4.74 Å². The Labute approximate surface area is 125 Å². The molecule has 108 valence electrons. The lowest BCUT2D eigenvalue weighted by Crippen LogP contribution is -2.37. The normalized spacial score (nSPS) is 17.4. The van der Waals surface area contributed by atoms with E-state index < -0.39 is 0 Å². The van der Waals surface area contributed by atoms with E-state index in [0.717, 1.165) is 13.1 Å². The SMILES string of the molecule is CN(Cc1ccccc1)CC1CC(=O)c2ccccc2O1. The van der Waals surface area contributed by atoms with E-state index in [1.165, 1.54) is 5.56 Å². The van der Waals surface area contributed by atoms with Crippen LogP contribution >= 0.6 is 0 Å². The average molecular weight is 281 g/mol. The number of nitrogens with zero attached hydrogens (tertiary/aromatic N) is 1. The molecule has 0 saturated heterocycles. The first kappa shape index (κ1) is 13.8. The third-order valence-electron chi connectivity index (χ3n) is 3.70. The Hall–Kier alpha value is -2.13. The van der Waals surface area contributed by atoms with E-state index in [4.69, 9.17) is 4.74 Å². The molecule has 0 aliphatic carbocycles. The van der Waals surface area contributed by atoms with Crippen LogP contribution in [0.25, 0.3) is 0 Å². The number of likely N-dealkylation sites (N-methyl/N-ethyl adjacent to an activating group) is 1. The molecule has 0 aromatic heterocycles. The molecule has 2 aromatic rings. The maximum absolute atomic E-state index is 12.1. The summed E-state index contributed by atoms with van der Waals surface area (Å²) in [7, 11) is 2.06. The minimum Gasteiger partial charge on any atom is -0.488 e. The van der Waals surface area contributed by atoms with Gasteiger partial charge in [0.05, 0.1) is 5.56 Å². The number of carbonyl (C=O) groups excluding carboxylic acids is 1. The monoisotopic (exact) mass is 281 g/mol. The van der Waals surface area contributed by atoms with E-state index in [1.54, 1.807) is 0 Å². The average Bonchev–Trinajstić information content (AvgIpc) is 2.48. The van der Waals surface area contributed by atoms with Crippen molar-refractivity contribution in [1.29, 1.82) is 0 Å². The summed E-state index contributed by atoms with van der Waals surface area (Å²) in [4.78, 5) is 14.3. The highest BCUT2D eigenvalue weighted by Crippen LogP contribution is 2.27. The summed E-state index contributed by atoms with van der Waals surface area (Å²) < 4.78 is 5.95. The molecule has 3 nitrogen and oxygen atoms in total. The van der Waals surface area contributed by atoms with Crippen LogP contribution in [0.3, 0.4) is 0 Å². The van der Waals surface area contributed by atoms with Gasteiger partial charge in [0.1, 0.15) is 11.9 Å². The van der Waals surface area contributed by atoms with Crippen LogP contribution in [-0.4, -0.2) is 30.4 Å². The molecule has 1 aliphatic heterocycles. The van der Waals surface area contributed by atoms with Gasteiger partial charge in [0, 0.05) is 19.5 Å². The van der Waals surface area contributed by atoms with E-state index in [9.17, 15) is 4.79 Å². The predicted molar refractivity (Wildman–Crippen MR) is 82.6 cm³/mol. The Morgan fingerprint density at radius 3 is 2.62 bits per heavy atom. The number of hydrogen-bond acceptors (Lipinski definition) is 3. The first-order chi connectivity index (χ1) is 10.2. The van der Waals surface area contributed by atoms with Crippen LogP contribution in [0.4, 0.5) is 0 Å². The zero-order valence-electron chi connectivity index (χ0n) is 12.2. The molecule has 1 unspecified atom stereocenters. The highest BCUT2D eigenvalue weighted by Gasteiger charge is 2.26. The van der Waals surface area contributed by atoms with Crippen molar-refractivity contribution in [2.75, 3.05) is 13.6 Å². The summed E-state index contributed by atoms with van der Waals surface area (Å²) >= 11 is 0. The molecule has 1 atom stereocenters. The standard InChI is InChI=1S/C18H19NO2/c1-19(12-14-7-3-2-4-8-14)13-15-11-17(20)16-9-5-6-10-18(16)21-15/h2-10,15H,11-13H2,1H3. The van der Waals surface area contributed by atoms with Crippen LogP contribution in [0.1, 0.15) is 22.3 Å². The third kappa shape index (κ3) is 3.31. The van der Waals surface area contributed by atoms with Gasteiger partial charge in [-0.15, -0.1) is 0 Å². The molecule has 0 N–H and O–H groups in total. The van der Waals surface area contributed by atoms with Crippen LogP contribution in [0.2, 0.25) is 0 Å². The number of fused-ring (bicyclic) bond motifs is 1. The molecule has 0 amide bonds. The molecule has 1 aliphatic rings. The molecule has 0 radical (unpaired) electrons. The summed E-state index contributed by atoms with van der Waals surface area (Å²) in [6.45, 7) is 1.60. The Morgan fingerprint density at radius 1 is 1.10 bits per heavy atom. The summed E-state index contributed by atoms with van der Waals surface area (Å²) in [6, 6.07) is 17.8. The van der Waals surface area contributed by atoms with Crippen LogP contribution in [0.15, 0.2) is 54.6 Å². The van der Waals surface area contributed by atoms with E-state index in [1.807, 2.05) is 42.5 Å². The minimum atomic E-state index is -0.0684. The third-order valence-corrected chi connectivity index (χ3v) is 3.70. The molecular formula is C18H19NO2. The minimum absolute atomic E-state index is 0.0684. The van der Waals surface area contributed by atoms with Crippen LogP contribution in [0, 0.1) is 0 Å². The Morgan fingerprint density at radius 2 is 1.81 bits per heavy atom. The number of hydrogen-bond donors (Lipinski definition) is 0. The Bertz CT molecular complexity index is 624. The fourth-order valence-electron chi connectivity index (χ4n) is 2.75. The number of benzene rings is 2. The predicted octanol–water partition coefficient (Wildman–Crippen LogP) is 3.15. The van der Waals surface area contributed by atoms with E-state index in [2.05, 4.69) is 24.1 Å². The van der Waals surface area contributed by atoms with Crippen molar-refractivity contribution >= 4 is 5.78 Å². The van der Waals surface area contributed by atoms with Crippen molar-refractivity contribution in [3.8, 4) is 5.75 Å². The number of ketones is 1. The Kier molecular flexibility index (Phi) is 4.02. The molecular weight excluding hydrogens is 262 g/mol. The van der Waals surface area contributed by atoms with Crippen LogP contribution < -0.4 is 4.74 Å². The van der Waals surface area contributed by atoms with E-state index in [0.29, 0.717) is 17.7 Å².